The molecule has 0 saturated heterocycles. The van der Waals surface area contributed by atoms with Crippen LogP contribution >= 0.6 is 23.2 Å². The van der Waals surface area contributed by atoms with Crippen LogP contribution in [0, 0.1) is 0 Å². The maximum absolute atomic E-state index is 12.4. The first-order valence-corrected chi connectivity index (χ1v) is 8.41. The summed E-state index contributed by atoms with van der Waals surface area (Å²) in [6.45, 7) is 0.796. The molecule has 1 aliphatic rings. The van der Waals surface area contributed by atoms with Gasteiger partial charge in [-0.05, 0) is 0 Å². The molecule has 0 amide bonds. The van der Waals surface area contributed by atoms with Crippen molar-refractivity contribution in [3.8, 4) is 11.5 Å². The van der Waals surface area contributed by atoms with Crippen molar-refractivity contribution in [2.45, 2.75) is 5.03 Å². The fraction of sp³-hybridized carbons (Fsp3) is 0.250. The van der Waals surface area contributed by atoms with E-state index in [9.17, 15) is 8.42 Å². The number of sulfonamides is 1. The molecule has 1 aromatic carbocycles. The summed E-state index contributed by atoms with van der Waals surface area (Å²) in [7, 11) is -2.38. The molecule has 0 saturated carbocycles. The predicted octanol–water partition coefficient (Wildman–Crippen LogP) is 2.30. The molecule has 1 N–H and O–H groups in total. The molecule has 0 atom stereocenters. The van der Waals surface area contributed by atoms with Gasteiger partial charge < -0.3 is 14.0 Å². The molecule has 1 aromatic heterocycles. The molecule has 2 aromatic rings. The Hall–Kier alpha value is -1.64. The second-order valence-electron chi connectivity index (χ2n) is 4.53. The highest BCUT2D eigenvalue weighted by molar-refractivity contribution is 7.92. The van der Waals surface area contributed by atoms with E-state index in [1.54, 1.807) is 7.05 Å². The lowest BCUT2D eigenvalue weighted by atomic mass is 10.2. The molecule has 0 fully saturated rings. The lowest BCUT2D eigenvalue weighted by molar-refractivity contribution is 0.171. The lowest BCUT2D eigenvalue weighted by Gasteiger charge is -2.20. The minimum absolute atomic E-state index is 0.00108. The molecular weight excluding hydrogens is 353 g/mol. The number of imidazole rings is 1. The summed E-state index contributed by atoms with van der Waals surface area (Å²) in [5.74, 6) is 0.885. The van der Waals surface area contributed by atoms with Crippen LogP contribution in [-0.4, -0.2) is 31.2 Å². The number of hydrogen-bond acceptors (Lipinski definition) is 5. The summed E-state index contributed by atoms with van der Waals surface area (Å²) in [5.41, 5.74) is 0.160. The number of aryl methyl sites for hydroxylation is 1. The molecule has 3 rings (SSSR count). The van der Waals surface area contributed by atoms with Gasteiger partial charge in [0, 0.05) is 19.2 Å². The maximum atomic E-state index is 12.4. The number of nitrogens with one attached hydrogen (secondary N) is 1. The zero-order valence-corrected chi connectivity index (χ0v) is 13.7. The highest BCUT2D eigenvalue weighted by Crippen LogP contribution is 2.38. The Morgan fingerprint density at radius 2 is 1.86 bits per heavy atom. The third-order valence-electron chi connectivity index (χ3n) is 2.97. The minimum atomic E-state index is -3.97. The minimum Gasteiger partial charge on any atom is -0.486 e. The number of hydrogen-bond donors (Lipinski definition) is 1. The summed E-state index contributed by atoms with van der Waals surface area (Å²) >= 11 is 12.0. The van der Waals surface area contributed by atoms with Gasteiger partial charge in [0.05, 0.1) is 17.0 Å². The molecule has 10 heteroatoms. The van der Waals surface area contributed by atoms with Crippen LogP contribution in [0.15, 0.2) is 23.5 Å². The van der Waals surface area contributed by atoms with Gasteiger partial charge >= 0.3 is 0 Å². The van der Waals surface area contributed by atoms with E-state index in [-0.39, 0.29) is 20.9 Å². The van der Waals surface area contributed by atoms with Crippen molar-refractivity contribution in [2.24, 2.45) is 7.05 Å². The van der Waals surface area contributed by atoms with Gasteiger partial charge in [-0.25, -0.2) is 4.98 Å². The van der Waals surface area contributed by atoms with Gasteiger partial charge in [-0.15, -0.1) is 0 Å². The van der Waals surface area contributed by atoms with E-state index in [2.05, 4.69) is 9.71 Å². The first-order chi connectivity index (χ1) is 10.4. The van der Waals surface area contributed by atoms with Crippen molar-refractivity contribution < 1.29 is 17.9 Å². The van der Waals surface area contributed by atoms with Gasteiger partial charge in [0.2, 0.25) is 5.03 Å². The monoisotopic (exact) mass is 363 g/mol. The Bertz CT molecular complexity index is 835. The number of benzene rings is 1. The summed E-state index contributed by atoms with van der Waals surface area (Å²) < 4.78 is 39.2. The van der Waals surface area contributed by atoms with Crippen molar-refractivity contribution in [2.75, 3.05) is 17.9 Å². The molecule has 2 heterocycles. The van der Waals surface area contributed by atoms with Crippen LogP contribution in [0.5, 0.6) is 11.5 Å². The number of aromatic nitrogens is 2. The topological polar surface area (TPSA) is 82.5 Å². The third-order valence-corrected chi connectivity index (χ3v) is 5.13. The van der Waals surface area contributed by atoms with E-state index < -0.39 is 10.0 Å². The summed E-state index contributed by atoms with van der Waals surface area (Å²) in [6, 6.07) is 2.96. The quantitative estimate of drug-likeness (QED) is 0.904. The molecule has 0 bridgehead atoms. The molecule has 0 unspecified atom stereocenters. The highest BCUT2D eigenvalue weighted by atomic mass is 35.5. The number of anilines is 1. The van der Waals surface area contributed by atoms with Gasteiger partial charge in [0.1, 0.15) is 18.4 Å². The van der Waals surface area contributed by atoms with Gasteiger partial charge in [0.15, 0.2) is 11.5 Å². The van der Waals surface area contributed by atoms with Crippen LogP contribution in [0.2, 0.25) is 10.2 Å². The second kappa shape index (κ2) is 5.53. The third kappa shape index (κ3) is 2.69. The molecule has 0 radical (unpaired) electrons. The van der Waals surface area contributed by atoms with E-state index >= 15 is 0 Å². The zero-order chi connectivity index (χ0) is 15.9. The maximum Gasteiger partial charge on any atom is 0.282 e. The fourth-order valence-electron chi connectivity index (χ4n) is 1.91. The summed E-state index contributed by atoms with van der Waals surface area (Å²) in [4.78, 5) is 3.78. The Morgan fingerprint density at radius 1 is 1.23 bits per heavy atom. The normalized spacial score (nSPS) is 14.0. The van der Waals surface area contributed by atoms with Crippen LogP contribution in [0.4, 0.5) is 5.69 Å². The van der Waals surface area contributed by atoms with Crippen LogP contribution in [-0.2, 0) is 17.1 Å². The molecular formula is C12H11Cl2N3O4S. The predicted molar refractivity (Wildman–Crippen MR) is 81.5 cm³/mol. The molecule has 0 spiro atoms. The van der Waals surface area contributed by atoms with Gasteiger partial charge in [-0.2, -0.15) is 8.42 Å². The Morgan fingerprint density at radius 3 is 2.45 bits per heavy atom. The Labute approximate surface area is 136 Å². The average molecular weight is 364 g/mol. The lowest BCUT2D eigenvalue weighted by Crippen LogP contribution is -2.17. The van der Waals surface area contributed by atoms with Crippen molar-refractivity contribution >= 4 is 38.9 Å². The van der Waals surface area contributed by atoms with E-state index in [0.29, 0.717) is 24.7 Å². The SMILES string of the molecule is Cn1cnc(S(=O)(=O)Nc2cc3c(cc2Cl)OCCO3)c1Cl. The largest absolute Gasteiger partial charge is 0.486 e. The number of halogens is 2. The smallest absolute Gasteiger partial charge is 0.282 e. The average Bonchev–Trinajstić information content (AvgIpc) is 2.80. The first kappa shape index (κ1) is 15.3. The van der Waals surface area contributed by atoms with Gasteiger partial charge in [-0.1, -0.05) is 23.2 Å². The molecule has 118 valence electrons. The number of fused-ring (bicyclic) bond motifs is 1. The first-order valence-electron chi connectivity index (χ1n) is 6.17. The van der Waals surface area contributed by atoms with Crippen molar-refractivity contribution in [3.05, 3.63) is 28.6 Å². The van der Waals surface area contributed by atoms with E-state index in [0.717, 1.165) is 0 Å². The van der Waals surface area contributed by atoms with Gasteiger partial charge in [-0.3, -0.25) is 4.72 Å². The standard InChI is InChI=1S/C12H11Cl2N3O4S/c1-17-6-15-12(11(17)14)22(18,19)16-8-5-10-9(4-7(8)13)20-2-3-21-10/h4-6,16H,2-3H2,1H3. The number of rotatable bonds is 3. The van der Waals surface area contributed by atoms with Crippen molar-refractivity contribution in [3.63, 3.8) is 0 Å². The van der Waals surface area contributed by atoms with E-state index in [1.165, 1.54) is 23.0 Å². The Kier molecular flexibility index (Phi) is 3.84. The van der Waals surface area contributed by atoms with E-state index in [1.807, 2.05) is 0 Å². The number of ether oxygens (including phenoxy) is 2. The fourth-order valence-corrected chi connectivity index (χ4v) is 3.67. The number of nitrogens with zero attached hydrogens (tertiary/aromatic N) is 2. The molecule has 1 aliphatic heterocycles. The highest BCUT2D eigenvalue weighted by Gasteiger charge is 2.24. The van der Waals surface area contributed by atoms with Gasteiger partial charge in [0.25, 0.3) is 10.0 Å². The van der Waals surface area contributed by atoms with E-state index in [4.69, 9.17) is 32.7 Å². The molecule has 22 heavy (non-hydrogen) atoms. The second-order valence-corrected chi connectivity index (χ2v) is 6.90. The van der Waals surface area contributed by atoms with Crippen molar-refractivity contribution in [1.82, 2.24) is 9.55 Å². The van der Waals surface area contributed by atoms with Crippen LogP contribution in [0.3, 0.4) is 0 Å². The van der Waals surface area contributed by atoms with Crippen molar-refractivity contribution in [1.29, 1.82) is 0 Å². The zero-order valence-electron chi connectivity index (χ0n) is 11.3. The molecule has 0 aliphatic carbocycles. The van der Waals surface area contributed by atoms with Crippen LogP contribution < -0.4 is 14.2 Å². The van der Waals surface area contributed by atoms with Crippen LogP contribution in [0.1, 0.15) is 0 Å². The summed E-state index contributed by atoms with van der Waals surface area (Å²) in [5, 5.41) is -0.0938. The van der Waals surface area contributed by atoms with Crippen LogP contribution in [0.25, 0.3) is 0 Å². The Balaban J connectivity index is 1.97. The molecule has 7 nitrogen and oxygen atoms in total. The summed E-state index contributed by atoms with van der Waals surface area (Å²) in [6.07, 6.45) is 1.31.